The van der Waals surface area contributed by atoms with Crippen LogP contribution in [-0.4, -0.2) is 118 Å². The van der Waals surface area contributed by atoms with Crippen molar-refractivity contribution in [2.75, 3.05) is 0 Å². The molecule has 0 aromatic heterocycles. The van der Waals surface area contributed by atoms with Crippen molar-refractivity contribution in [1.82, 2.24) is 0 Å². The zero-order valence-electron chi connectivity index (χ0n) is 27.6. The Hall–Kier alpha value is -4.32. The molecule has 46 heavy (non-hydrogen) atoms. The number of hydrogen-bond donors (Lipinski definition) is 3. The minimum absolute atomic E-state index is 0.737. The third-order valence-corrected chi connectivity index (χ3v) is 4.85. The molecule has 0 aliphatic heterocycles. The molecule has 18 nitrogen and oxygen atoms in total. The molecule has 0 aromatic rings. The average molecular weight is 669 g/mol. The molecule has 0 aliphatic carbocycles. The second kappa shape index (κ2) is 19.9. The molecule has 8 atom stereocenters. The Balaban J connectivity index is 0. The van der Waals surface area contributed by atoms with E-state index in [4.69, 9.17) is 29.5 Å². The fraction of sp³-hybridized carbons (Fsp3) is 0.714. The number of aliphatic hydroxyl groups excluding tert-OH is 2. The summed E-state index contributed by atoms with van der Waals surface area (Å²) < 4.78 is 33.1. The van der Waals surface area contributed by atoms with Gasteiger partial charge in [-0.1, -0.05) is 0 Å². The van der Waals surface area contributed by atoms with Crippen molar-refractivity contribution in [2.24, 2.45) is 0 Å². The average Bonchev–Trinajstić information content (AvgIpc) is 2.91. The minimum atomic E-state index is -1.40. The third-order valence-electron chi connectivity index (χ3n) is 4.85. The van der Waals surface area contributed by atoms with Gasteiger partial charge in [0.2, 0.25) is 0 Å². The van der Waals surface area contributed by atoms with Gasteiger partial charge in [-0.3, -0.25) is 0 Å². The highest BCUT2D eigenvalue weighted by atomic mass is 16.6. The van der Waals surface area contributed by atoms with Gasteiger partial charge in [-0.25, -0.2) is 38.4 Å². The second-order valence-corrected chi connectivity index (χ2v) is 10.7. The Morgan fingerprint density at radius 2 is 0.630 bits per heavy atom. The van der Waals surface area contributed by atoms with Crippen LogP contribution in [0.3, 0.4) is 0 Å². The quantitative estimate of drug-likeness (QED) is 0.159. The molecule has 0 amide bonds. The van der Waals surface area contributed by atoms with Crippen molar-refractivity contribution >= 4 is 47.8 Å². The van der Waals surface area contributed by atoms with Crippen molar-refractivity contribution in [3.05, 3.63) is 0 Å². The first-order valence-corrected chi connectivity index (χ1v) is 13.8. The zero-order valence-corrected chi connectivity index (χ0v) is 27.6. The number of aliphatic carboxylic acids is 1. The van der Waals surface area contributed by atoms with E-state index in [1.807, 2.05) is 0 Å². The standard InChI is InChI=1S/C16H26O9.C12H18O9/c1-8(17)12(18)22-9(2)13(19)23-10(3)14(20)24-11(4)15(21)25-16(5,6)7;1-5(13)10(16)20-7(3)12(18)21-8(4)11(17)19-6(2)9(14)15/h8-11,17H,1-7H3;5-8,13H,1-4H3,(H,14,15)/t8-,9-,10-,11-;5-,6-,7-,8-/m00/s1. The number of esters is 7. The summed E-state index contributed by atoms with van der Waals surface area (Å²) in [4.78, 5) is 91.1. The van der Waals surface area contributed by atoms with Crippen LogP contribution in [0.15, 0.2) is 0 Å². The molecule has 0 spiro atoms. The number of ether oxygens (including phenoxy) is 7. The Morgan fingerprint density at radius 3 is 0.848 bits per heavy atom. The molecule has 3 N–H and O–H groups in total. The van der Waals surface area contributed by atoms with Crippen LogP contribution in [0.2, 0.25) is 0 Å². The van der Waals surface area contributed by atoms with Gasteiger partial charge in [0.05, 0.1) is 0 Å². The maximum absolute atomic E-state index is 11.9. The van der Waals surface area contributed by atoms with Crippen LogP contribution in [0.4, 0.5) is 0 Å². The van der Waals surface area contributed by atoms with E-state index >= 15 is 0 Å². The fourth-order valence-corrected chi connectivity index (χ4v) is 2.30. The summed E-state index contributed by atoms with van der Waals surface area (Å²) in [5.74, 6) is -8.14. The van der Waals surface area contributed by atoms with Crippen LogP contribution in [0, 0.1) is 0 Å². The molecule has 0 aliphatic rings. The fourth-order valence-electron chi connectivity index (χ4n) is 2.30. The van der Waals surface area contributed by atoms with Crippen LogP contribution in [0.25, 0.3) is 0 Å². The van der Waals surface area contributed by atoms with Crippen LogP contribution in [0.5, 0.6) is 0 Å². The smallest absolute Gasteiger partial charge is 0.347 e. The van der Waals surface area contributed by atoms with E-state index in [1.165, 1.54) is 41.5 Å². The third kappa shape index (κ3) is 18.5. The molecule has 0 radical (unpaired) electrons. The normalized spacial score (nSPS) is 16.0. The molecule has 0 aromatic carbocycles. The molecular weight excluding hydrogens is 624 g/mol. The predicted molar refractivity (Wildman–Crippen MR) is 150 cm³/mol. The first kappa shape index (κ1) is 43.8. The minimum Gasteiger partial charge on any atom is -0.479 e. The van der Waals surface area contributed by atoms with E-state index in [9.17, 15) is 38.4 Å². The van der Waals surface area contributed by atoms with Crippen LogP contribution in [-0.2, 0) is 71.5 Å². The van der Waals surface area contributed by atoms with Crippen molar-refractivity contribution in [2.45, 2.75) is 131 Å². The molecule has 0 bridgehead atoms. The highest BCUT2D eigenvalue weighted by Gasteiger charge is 2.31. The molecule has 0 heterocycles. The first-order valence-electron chi connectivity index (χ1n) is 13.8. The highest BCUT2D eigenvalue weighted by molar-refractivity contribution is 5.86. The lowest BCUT2D eigenvalue weighted by Crippen LogP contribution is -2.38. The maximum Gasteiger partial charge on any atom is 0.347 e. The highest BCUT2D eigenvalue weighted by Crippen LogP contribution is 2.11. The van der Waals surface area contributed by atoms with E-state index < -0.39 is 102 Å². The lowest BCUT2D eigenvalue weighted by Gasteiger charge is -2.23. The summed E-state index contributed by atoms with van der Waals surface area (Å²) in [6.45, 7) is 14.6. The number of rotatable bonds is 14. The topological polar surface area (TPSA) is 262 Å². The summed E-state index contributed by atoms with van der Waals surface area (Å²) in [7, 11) is 0. The van der Waals surface area contributed by atoms with E-state index in [0.717, 1.165) is 13.8 Å². The molecule has 0 saturated heterocycles. The van der Waals surface area contributed by atoms with Crippen molar-refractivity contribution in [3.63, 3.8) is 0 Å². The monoisotopic (exact) mass is 668 g/mol. The molecular formula is C28H44O18. The molecule has 264 valence electrons. The van der Waals surface area contributed by atoms with Gasteiger partial charge in [0, 0.05) is 0 Å². The Bertz CT molecular complexity index is 1090. The lowest BCUT2D eigenvalue weighted by atomic mass is 10.2. The number of carboxylic acid groups (broad SMARTS) is 1. The Morgan fingerprint density at radius 1 is 0.413 bits per heavy atom. The van der Waals surface area contributed by atoms with E-state index in [-0.39, 0.29) is 0 Å². The largest absolute Gasteiger partial charge is 0.479 e. The number of carboxylic acids is 1. The summed E-state index contributed by atoms with van der Waals surface area (Å²) in [5, 5.41) is 26.5. The van der Waals surface area contributed by atoms with Crippen LogP contribution >= 0.6 is 0 Å². The summed E-state index contributed by atoms with van der Waals surface area (Å²) in [6.07, 6.45) is -10.7. The van der Waals surface area contributed by atoms with Gasteiger partial charge in [-0.05, 0) is 76.2 Å². The SMILES string of the molecule is C[C@H](O)C(=O)O[C@@H](C)C(=O)O[C@@H](C)C(=O)O[C@@H](C)C(=O)O.C[C@H](O)C(=O)O[C@@H](C)C(=O)O[C@@H](C)C(=O)O[C@@H](C)C(=O)OC(C)(C)C. The van der Waals surface area contributed by atoms with Gasteiger partial charge in [0.1, 0.15) is 17.8 Å². The number of aliphatic hydroxyl groups is 2. The van der Waals surface area contributed by atoms with E-state index in [2.05, 4.69) is 18.9 Å². The zero-order chi connectivity index (χ0) is 36.7. The summed E-state index contributed by atoms with van der Waals surface area (Å²) in [6, 6.07) is 0. The summed E-state index contributed by atoms with van der Waals surface area (Å²) >= 11 is 0. The van der Waals surface area contributed by atoms with Gasteiger partial charge in [-0.15, -0.1) is 0 Å². The van der Waals surface area contributed by atoms with Crippen LogP contribution < -0.4 is 0 Å². The molecule has 0 unspecified atom stereocenters. The van der Waals surface area contributed by atoms with Crippen molar-refractivity contribution in [3.8, 4) is 0 Å². The first-order chi connectivity index (χ1) is 20.8. The number of carbonyl (C=O) groups excluding carboxylic acids is 7. The number of carbonyl (C=O) groups is 8. The van der Waals surface area contributed by atoms with Gasteiger partial charge in [0.15, 0.2) is 36.6 Å². The Kier molecular flexibility index (Phi) is 19.0. The van der Waals surface area contributed by atoms with E-state index in [1.54, 1.807) is 20.8 Å². The molecule has 0 rings (SSSR count). The maximum atomic E-state index is 11.9. The van der Waals surface area contributed by atoms with Gasteiger partial charge >= 0.3 is 47.8 Å². The molecule has 18 heteroatoms. The van der Waals surface area contributed by atoms with Crippen molar-refractivity contribution < 1.29 is 86.8 Å². The number of hydrogen-bond acceptors (Lipinski definition) is 17. The lowest BCUT2D eigenvalue weighted by molar-refractivity contribution is -0.185. The Labute approximate surface area is 265 Å². The van der Waals surface area contributed by atoms with E-state index in [0.29, 0.717) is 0 Å². The second-order valence-electron chi connectivity index (χ2n) is 10.7. The van der Waals surface area contributed by atoms with Crippen molar-refractivity contribution in [1.29, 1.82) is 0 Å². The predicted octanol–water partition coefficient (Wildman–Crippen LogP) is -0.249. The summed E-state index contributed by atoms with van der Waals surface area (Å²) in [5.41, 5.74) is -0.737. The molecule has 0 saturated carbocycles. The van der Waals surface area contributed by atoms with Gasteiger partial charge in [-0.2, -0.15) is 0 Å². The van der Waals surface area contributed by atoms with Gasteiger partial charge in [0.25, 0.3) is 0 Å². The van der Waals surface area contributed by atoms with Crippen LogP contribution in [0.1, 0.15) is 76.2 Å². The van der Waals surface area contributed by atoms with Gasteiger partial charge < -0.3 is 48.5 Å². The molecule has 0 fully saturated rings.